The number of carbonyl (C=O) groups excluding carboxylic acids is 1. The van der Waals surface area contributed by atoms with Crippen molar-refractivity contribution in [3.8, 4) is 0 Å². The lowest BCUT2D eigenvalue weighted by molar-refractivity contribution is 0.0961. The highest BCUT2D eigenvalue weighted by Crippen LogP contribution is 2.36. The third kappa shape index (κ3) is 3.39. The highest BCUT2D eigenvalue weighted by Gasteiger charge is 2.27. The third-order valence-electron chi connectivity index (χ3n) is 5.81. The van der Waals surface area contributed by atoms with Crippen LogP contribution < -0.4 is 0 Å². The largest absolute Gasteiger partial charge is 0.347 e. The summed E-state index contributed by atoms with van der Waals surface area (Å²) >= 11 is 0. The van der Waals surface area contributed by atoms with Gasteiger partial charge in [-0.2, -0.15) is 0 Å². The predicted octanol–water partition coefficient (Wildman–Crippen LogP) is 5.67. The molecule has 0 amide bonds. The van der Waals surface area contributed by atoms with E-state index >= 15 is 0 Å². The summed E-state index contributed by atoms with van der Waals surface area (Å²) < 4.78 is 4.20. The average molecular weight is 386 g/mol. The first-order chi connectivity index (χ1) is 14.0. The summed E-state index contributed by atoms with van der Waals surface area (Å²) in [5, 5.41) is 1.24. The summed E-state index contributed by atoms with van der Waals surface area (Å²) in [5.41, 5.74) is 4.76. The van der Waals surface area contributed by atoms with Crippen LogP contribution in [-0.2, 0) is 7.05 Å². The van der Waals surface area contributed by atoms with E-state index in [1.165, 1.54) is 22.2 Å². The smallest absolute Gasteiger partial charge is 0.199 e. The van der Waals surface area contributed by atoms with Gasteiger partial charge in [-0.25, -0.2) is 4.98 Å². The Morgan fingerprint density at radius 3 is 2.41 bits per heavy atom. The number of imidazole rings is 1. The summed E-state index contributed by atoms with van der Waals surface area (Å²) in [6, 6.07) is 19.0. The van der Waals surface area contributed by atoms with Gasteiger partial charge in [0.25, 0.3) is 0 Å². The SMILES string of the molecule is Cc1c([C@@H](CC(=O)c2nccn2C(C)C)c2ccccc2)n(C)c2ccccc12. The predicted molar refractivity (Wildman–Crippen MR) is 118 cm³/mol. The number of hydrogen-bond donors (Lipinski definition) is 0. The molecule has 148 valence electrons. The number of benzene rings is 2. The van der Waals surface area contributed by atoms with Gasteiger partial charge in [-0.3, -0.25) is 4.79 Å². The monoisotopic (exact) mass is 385 g/mol. The standard InChI is InChI=1S/C25H27N3O/c1-17(2)28-15-14-26-25(28)23(29)16-21(19-10-6-5-7-11-19)24-18(3)20-12-8-9-13-22(20)27(24)4/h5-15,17,21H,16H2,1-4H3/t21-/m0/s1. The Hall–Kier alpha value is -3.14. The maximum absolute atomic E-state index is 13.3. The molecule has 0 radical (unpaired) electrons. The number of aryl methyl sites for hydroxylation is 2. The van der Waals surface area contributed by atoms with Gasteiger partial charge in [0.15, 0.2) is 11.6 Å². The fourth-order valence-corrected chi connectivity index (χ4v) is 4.38. The zero-order valence-corrected chi connectivity index (χ0v) is 17.5. The molecular weight excluding hydrogens is 358 g/mol. The zero-order chi connectivity index (χ0) is 20.5. The minimum absolute atomic E-state index is 0.0292. The number of aromatic nitrogens is 3. The number of ketones is 1. The van der Waals surface area contributed by atoms with Crippen LogP contribution in [0.3, 0.4) is 0 Å². The maximum atomic E-state index is 13.3. The molecule has 0 fully saturated rings. The van der Waals surface area contributed by atoms with Gasteiger partial charge >= 0.3 is 0 Å². The van der Waals surface area contributed by atoms with Crippen LogP contribution in [0.2, 0.25) is 0 Å². The fraction of sp³-hybridized carbons (Fsp3) is 0.280. The summed E-state index contributed by atoms with van der Waals surface area (Å²) in [6.07, 6.45) is 3.99. The second-order valence-electron chi connectivity index (χ2n) is 7.93. The molecule has 29 heavy (non-hydrogen) atoms. The summed E-state index contributed by atoms with van der Waals surface area (Å²) in [5.74, 6) is 0.581. The van der Waals surface area contributed by atoms with Gasteiger partial charge in [0, 0.05) is 54.4 Å². The topological polar surface area (TPSA) is 39.8 Å². The van der Waals surface area contributed by atoms with Crippen molar-refractivity contribution in [1.29, 1.82) is 0 Å². The number of fused-ring (bicyclic) bond motifs is 1. The minimum Gasteiger partial charge on any atom is -0.347 e. The van der Waals surface area contributed by atoms with Gasteiger partial charge in [-0.15, -0.1) is 0 Å². The van der Waals surface area contributed by atoms with Crippen molar-refractivity contribution in [2.75, 3.05) is 0 Å². The van der Waals surface area contributed by atoms with Gasteiger partial charge in [-0.05, 0) is 38.0 Å². The van der Waals surface area contributed by atoms with Crippen LogP contribution in [0.25, 0.3) is 10.9 Å². The number of para-hydroxylation sites is 1. The first-order valence-corrected chi connectivity index (χ1v) is 10.1. The van der Waals surface area contributed by atoms with Crippen molar-refractivity contribution in [3.63, 3.8) is 0 Å². The van der Waals surface area contributed by atoms with Crippen LogP contribution in [0.4, 0.5) is 0 Å². The minimum atomic E-state index is -0.0292. The van der Waals surface area contributed by atoms with Gasteiger partial charge in [0.1, 0.15) is 0 Å². The van der Waals surface area contributed by atoms with Gasteiger partial charge in [-0.1, -0.05) is 48.5 Å². The lowest BCUT2D eigenvalue weighted by Gasteiger charge is -2.20. The number of Topliss-reactive ketones (excluding diaryl/α,β-unsaturated/α-hetero) is 1. The van der Waals surface area contributed by atoms with E-state index in [0.717, 1.165) is 5.56 Å². The van der Waals surface area contributed by atoms with Crippen LogP contribution in [0.1, 0.15) is 59.7 Å². The molecule has 0 aliphatic rings. The molecule has 2 aromatic carbocycles. The van der Waals surface area contributed by atoms with E-state index in [9.17, 15) is 4.79 Å². The first-order valence-electron chi connectivity index (χ1n) is 10.1. The molecule has 0 aliphatic heterocycles. The van der Waals surface area contributed by atoms with Crippen LogP contribution in [0.15, 0.2) is 67.0 Å². The first kappa shape index (κ1) is 19.2. The lowest BCUT2D eigenvalue weighted by Crippen LogP contribution is -2.17. The number of nitrogens with zero attached hydrogens (tertiary/aromatic N) is 3. The molecular formula is C25H27N3O. The summed E-state index contributed by atoms with van der Waals surface area (Å²) in [6.45, 7) is 6.30. The van der Waals surface area contributed by atoms with Crippen molar-refractivity contribution < 1.29 is 4.79 Å². The molecule has 4 aromatic rings. The highest BCUT2D eigenvalue weighted by molar-refractivity contribution is 5.94. The summed E-state index contributed by atoms with van der Waals surface area (Å²) in [4.78, 5) is 17.7. The molecule has 0 spiro atoms. The Kier molecular flexibility index (Phi) is 5.10. The molecule has 4 nitrogen and oxygen atoms in total. The van der Waals surface area contributed by atoms with Crippen molar-refractivity contribution in [1.82, 2.24) is 14.1 Å². The Labute approximate surface area is 171 Å². The Balaban J connectivity index is 1.82. The van der Waals surface area contributed by atoms with Crippen molar-refractivity contribution in [2.45, 2.75) is 39.2 Å². The van der Waals surface area contributed by atoms with E-state index in [2.05, 4.69) is 73.8 Å². The molecule has 2 aromatic heterocycles. The number of rotatable bonds is 6. The second-order valence-corrected chi connectivity index (χ2v) is 7.93. The fourth-order valence-electron chi connectivity index (χ4n) is 4.38. The van der Waals surface area contributed by atoms with E-state index in [1.54, 1.807) is 6.20 Å². The van der Waals surface area contributed by atoms with Gasteiger partial charge in [0.05, 0.1) is 0 Å². The average Bonchev–Trinajstić information content (AvgIpc) is 3.32. The van der Waals surface area contributed by atoms with Crippen LogP contribution in [0, 0.1) is 6.92 Å². The summed E-state index contributed by atoms with van der Waals surface area (Å²) in [7, 11) is 2.10. The quantitative estimate of drug-likeness (QED) is 0.401. The normalized spacial score (nSPS) is 12.6. The number of carbonyl (C=O) groups is 1. The highest BCUT2D eigenvalue weighted by atomic mass is 16.1. The molecule has 0 N–H and O–H groups in total. The molecule has 1 atom stereocenters. The van der Waals surface area contributed by atoms with E-state index < -0.39 is 0 Å². The van der Waals surface area contributed by atoms with Crippen molar-refractivity contribution in [2.24, 2.45) is 7.05 Å². The van der Waals surface area contributed by atoms with Crippen LogP contribution >= 0.6 is 0 Å². The molecule has 0 saturated heterocycles. The molecule has 2 heterocycles. The third-order valence-corrected chi connectivity index (χ3v) is 5.81. The zero-order valence-electron chi connectivity index (χ0n) is 17.5. The number of hydrogen-bond acceptors (Lipinski definition) is 2. The van der Waals surface area contributed by atoms with Crippen molar-refractivity contribution >= 4 is 16.7 Å². The van der Waals surface area contributed by atoms with E-state index in [4.69, 9.17) is 0 Å². The molecule has 0 saturated carbocycles. The molecule has 0 bridgehead atoms. The second kappa shape index (κ2) is 7.70. The Morgan fingerprint density at radius 2 is 1.72 bits per heavy atom. The van der Waals surface area contributed by atoms with Gasteiger partial charge in [0.2, 0.25) is 0 Å². The Bertz CT molecular complexity index is 1110. The molecule has 0 unspecified atom stereocenters. The van der Waals surface area contributed by atoms with E-state index in [0.29, 0.717) is 12.2 Å². The van der Waals surface area contributed by atoms with Crippen molar-refractivity contribution in [3.05, 3.63) is 89.6 Å². The van der Waals surface area contributed by atoms with Gasteiger partial charge < -0.3 is 9.13 Å². The van der Waals surface area contributed by atoms with Crippen LogP contribution in [-0.4, -0.2) is 19.9 Å². The Morgan fingerprint density at radius 1 is 1.03 bits per heavy atom. The molecule has 4 rings (SSSR count). The maximum Gasteiger partial charge on any atom is 0.199 e. The lowest BCUT2D eigenvalue weighted by atomic mass is 9.88. The van der Waals surface area contributed by atoms with E-state index in [-0.39, 0.29) is 17.7 Å². The molecule has 4 heteroatoms. The van der Waals surface area contributed by atoms with Crippen LogP contribution in [0.5, 0.6) is 0 Å². The van der Waals surface area contributed by atoms with E-state index in [1.807, 2.05) is 29.0 Å². The molecule has 0 aliphatic carbocycles.